The molecule has 0 amide bonds. The summed E-state index contributed by atoms with van der Waals surface area (Å²) in [5.74, 6) is 0.305. The van der Waals surface area contributed by atoms with E-state index in [1.165, 1.54) is 44.9 Å². The number of likely N-dealkylation sites (tertiary alicyclic amines) is 1. The fourth-order valence-corrected chi connectivity index (χ4v) is 6.58. The minimum atomic E-state index is -0.238. The van der Waals surface area contributed by atoms with Crippen molar-refractivity contribution in [1.29, 1.82) is 0 Å². The molecule has 3 fully saturated rings. The van der Waals surface area contributed by atoms with Crippen molar-refractivity contribution in [2.75, 3.05) is 44.2 Å². The van der Waals surface area contributed by atoms with Gasteiger partial charge in [0.05, 0.1) is 24.2 Å². The number of hydrogen-bond donors (Lipinski definition) is 1. The number of rotatable bonds is 7. The first-order chi connectivity index (χ1) is 18.1. The van der Waals surface area contributed by atoms with Crippen LogP contribution in [0.15, 0.2) is 29.1 Å². The highest BCUT2D eigenvalue weighted by molar-refractivity contribution is 5.76. The molecule has 1 aromatic heterocycles. The molecule has 1 saturated carbocycles. The second-order valence-electron chi connectivity index (χ2n) is 11.0. The van der Waals surface area contributed by atoms with E-state index in [-0.39, 0.29) is 30.2 Å². The van der Waals surface area contributed by atoms with Crippen molar-refractivity contribution < 1.29 is 9.53 Å². The Morgan fingerprint density at radius 3 is 2.46 bits per heavy atom. The Kier molecular flexibility index (Phi) is 8.77. The van der Waals surface area contributed by atoms with Crippen LogP contribution in [-0.4, -0.2) is 71.8 Å². The summed E-state index contributed by atoms with van der Waals surface area (Å²) >= 11 is 0. The lowest BCUT2D eigenvalue weighted by Crippen LogP contribution is -2.44. The predicted molar refractivity (Wildman–Crippen MR) is 147 cm³/mol. The van der Waals surface area contributed by atoms with Crippen LogP contribution in [0.3, 0.4) is 0 Å². The number of piperidine rings is 1. The Hall–Kier alpha value is -2.45. The number of carbonyl (C=O) groups is 1. The maximum Gasteiger partial charge on any atom is 0.319 e. The van der Waals surface area contributed by atoms with Gasteiger partial charge in [0, 0.05) is 44.3 Å². The maximum atomic E-state index is 13.9. The van der Waals surface area contributed by atoms with Crippen molar-refractivity contribution in [3.05, 3.63) is 34.6 Å². The van der Waals surface area contributed by atoms with E-state index in [1.54, 1.807) is 0 Å². The first-order valence-corrected chi connectivity index (χ1v) is 14.5. The van der Waals surface area contributed by atoms with Crippen LogP contribution in [0.25, 0.3) is 11.0 Å². The Morgan fingerprint density at radius 2 is 1.70 bits per heavy atom. The lowest BCUT2D eigenvalue weighted by molar-refractivity contribution is -0.142. The molecule has 37 heavy (non-hydrogen) atoms. The zero-order valence-corrected chi connectivity index (χ0v) is 22.4. The number of aromatic nitrogens is 2. The number of para-hydroxylation sites is 2. The zero-order chi connectivity index (χ0) is 25.6. The van der Waals surface area contributed by atoms with Gasteiger partial charge in [0.25, 0.3) is 5.56 Å². The average molecular weight is 510 g/mol. The van der Waals surface area contributed by atoms with Crippen molar-refractivity contribution in [2.24, 2.45) is 0 Å². The number of nitrogens with zero attached hydrogens (tertiary/aromatic N) is 4. The Balaban J connectivity index is 1.31. The minimum Gasteiger partial charge on any atom is -0.465 e. The number of ether oxygens (including phenoxy) is 1. The van der Waals surface area contributed by atoms with Gasteiger partial charge in [-0.1, -0.05) is 44.2 Å². The lowest BCUT2D eigenvalue weighted by Gasteiger charge is -2.39. The summed E-state index contributed by atoms with van der Waals surface area (Å²) in [5, 5.41) is 3.29. The first kappa shape index (κ1) is 26.2. The maximum absolute atomic E-state index is 13.9. The average Bonchev–Trinajstić information content (AvgIpc) is 3.36. The van der Waals surface area contributed by atoms with Gasteiger partial charge in [-0.2, -0.15) is 0 Å². The molecule has 2 saturated heterocycles. The molecule has 8 nitrogen and oxygen atoms in total. The largest absolute Gasteiger partial charge is 0.465 e. The van der Waals surface area contributed by atoms with Crippen LogP contribution in [0.4, 0.5) is 5.82 Å². The minimum absolute atomic E-state index is 0.0224. The highest BCUT2D eigenvalue weighted by atomic mass is 16.5. The number of benzene rings is 1. The van der Waals surface area contributed by atoms with Crippen LogP contribution >= 0.6 is 0 Å². The highest BCUT2D eigenvalue weighted by Crippen LogP contribution is 2.30. The predicted octanol–water partition coefficient (Wildman–Crippen LogP) is 3.88. The highest BCUT2D eigenvalue weighted by Gasteiger charge is 2.31. The van der Waals surface area contributed by atoms with E-state index in [9.17, 15) is 9.59 Å². The summed E-state index contributed by atoms with van der Waals surface area (Å²) in [7, 11) is 0. The number of anilines is 1. The smallest absolute Gasteiger partial charge is 0.319 e. The fraction of sp³-hybridized carbons (Fsp3) is 0.690. The van der Waals surface area contributed by atoms with Crippen molar-refractivity contribution in [3.8, 4) is 0 Å². The fourth-order valence-electron chi connectivity index (χ4n) is 6.58. The molecular formula is C29H43N5O3. The summed E-state index contributed by atoms with van der Waals surface area (Å²) in [5.41, 5.74) is 1.84. The molecule has 1 aliphatic carbocycles. The molecule has 5 rings (SSSR count). The van der Waals surface area contributed by atoms with Crippen LogP contribution < -0.4 is 15.8 Å². The van der Waals surface area contributed by atoms with E-state index in [0.717, 1.165) is 49.9 Å². The SMILES string of the molecule is CCOC(=O)CN[C@H]1CCN(c2nc3ccccc3n(C3CCN(C4CCCCCCC4)CC3)c2=O)C1. The van der Waals surface area contributed by atoms with E-state index in [1.807, 2.05) is 35.8 Å². The molecule has 3 heterocycles. The van der Waals surface area contributed by atoms with Crippen LogP contribution in [0, 0.1) is 0 Å². The van der Waals surface area contributed by atoms with Gasteiger partial charge in [-0.05, 0) is 51.2 Å². The van der Waals surface area contributed by atoms with Crippen LogP contribution in [-0.2, 0) is 9.53 Å². The number of hydrogen-bond acceptors (Lipinski definition) is 7. The van der Waals surface area contributed by atoms with Crippen LogP contribution in [0.5, 0.6) is 0 Å². The Bertz CT molecular complexity index is 1100. The molecule has 1 N–H and O–H groups in total. The normalized spacial score (nSPS) is 22.7. The summed E-state index contributed by atoms with van der Waals surface area (Å²) in [6.45, 7) is 5.95. The Labute approximate surface area is 220 Å². The molecule has 0 bridgehead atoms. The van der Waals surface area contributed by atoms with E-state index in [2.05, 4.69) is 15.1 Å². The van der Waals surface area contributed by atoms with Crippen molar-refractivity contribution in [2.45, 2.75) is 89.3 Å². The third-order valence-corrected chi connectivity index (χ3v) is 8.56. The molecule has 0 radical (unpaired) electrons. The monoisotopic (exact) mass is 509 g/mol. The summed E-state index contributed by atoms with van der Waals surface area (Å²) in [6.07, 6.45) is 12.4. The molecule has 3 aliphatic rings. The number of fused-ring (bicyclic) bond motifs is 1. The van der Waals surface area contributed by atoms with E-state index in [4.69, 9.17) is 9.72 Å². The molecule has 1 atom stereocenters. The number of carbonyl (C=O) groups excluding carboxylic acids is 1. The number of esters is 1. The van der Waals surface area contributed by atoms with E-state index < -0.39 is 0 Å². The lowest BCUT2D eigenvalue weighted by atomic mass is 9.93. The molecule has 1 aromatic carbocycles. The molecule has 8 heteroatoms. The van der Waals surface area contributed by atoms with Gasteiger partial charge in [0.2, 0.25) is 0 Å². The summed E-state index contributed by atoms with van der Waals surface area (Å²) < 4.78 is 7.09. The van der Waals surface area contributed by atoms with Crippen LogP contribution in [0.2, 0.25) is 0 Å². The van der Waals surface area contributed by atoms with E-state index >= 15 is 0 Å². The van der Waals surface area contributed by atoms with E-state index in [0.29, 0.717) is 25.0 Å². The van der Waals surface area contributed by atoms with Gasteiger partial charge in [-0.3, -0.25) is 9.59 Å². The standard InChI is InChI=1S/C29H43N5O3/c1-2-37-27(35)20-30-22-14-17-33(21-22)28-29(36)34(26-13-9-8-12-25(26)31-28)24-15-18-32(19-16-24)23-10-6-4-3-5-7-11-23/h8-9,12-13,22-24,30H,2-7,10-11,14-21H2,1H3/t22-/m0/s1. The first-order valence-electron chi connectivity index (χ1n) is 14.5. The van der Waals surface area contributed by atoms with Gasteiger partial charge in [-0.15, -0.1) is 0 Å². The third kappa shape index (κ3) is 6.17. The molecule has 2 aromatic rings. The number of nitrogens with one attached hydrogen (secondary N) is 1. The molecule has 0 spiro atoms. The van der Waals surface area contributed by atoms with Gasteiger partial charge in [-0.25, -0.2) is 4.98 Å². The van der Waals surface area contributed by atoms with Gasteiger partial charge in [0.1, 0.15) is 0 Å². The molecule has 202 valence electrons. The second kappa shape index (κ2) is 12.4. The topological polar surface area (TPSA) is 79.7 Å². The summed E-state index contributed by atoms with van der Waals surface area (Å²) in [4.78, 5) is 35.3. The Morgan fingerprint density at radius 1 is 0.973 bits per heavy atom. The van der Waals surface area contributed by atoms with Gasteiger partial charge < -0.3 is 24.4 Å². The zero-order valence-electron chi connectivity index (χ0n) is 22.4. The quantitative estimate of drug-likeness (QED) is 0.568. The molecular weight excluding hydrogens is 466 g/mol. The van der Waals surface area contributed by atoms with Crippen molar-refractivity contribution in [1.82, 2.24) is 19.8 Å². The van der Waals surface area contributed by atoms with Crippen molar-refractivity contribution in [3.63, 3.8) is 0 Å². The molecule has 0 unspecified atom stereocenters. The molecule has 2 aliphatic heterocycles. The third-order valence-electron chi connectivity index (χ3n) is 8.56. The van der Waals surface area contributed by atoms with Gasteiger partial charge >= 0.3 is 5.97 Å². The second-order valence-corrected chi connectivity index (χ2v) is 11.0. The van der Waals surface area contributed by atoms with Gasteiger partial charge in [0.15, 0.2) is 5.82 Å². The summed E-state index contributed by atoms with van der Waals surface area (Å²) in [6, 6.07) is 9.12. The van der Waals surface area contributed by atoms with Crippen LogP contribution in [0.1, 0.15) is 77.2 Å². The van der Waals surface area contributed by atoms with Crippen molar-refractivity contribution >= 4 is 22.8 Å².